The molecule has 1 heterocycles. The summed E-state index contributed by atoms with van der Waals surface area (Å²) in [6.45, 7) is 5.43. The lowest BCUT2D eigenvalue weighted by atomic mass is 10.4. The predicted molar refractivity (Wildman–Crippen MR) is 44.4 cm³/mol. The van der Waals surface area contributed by atoms with Gasteiger partial charge in [-0.15, -0.1) is 4.68 Å². The van der Waals surface area contributed by atoms with E-state index in [0.717, 1.165) is 13.0 Å². The van der Waals surface area contributed by atoms with Gasteiger partial charge in [0, 0.05) is 5.10 Å². The summed E-state index contributed by atoms with van der Waals surface area (Å²) in [5.41, 5.74) is 0. The standard InChI is InChI=1S/C8H16N3O/c1-3-4-10-6-9-11(7-10)5-8(2)12/h6-8,12H,3-5H2,1-2H3/q+1/t8-/m0/s1. The van der Waals surface area contributed by atoms with Crippen LogP contribution in [0, 0.1) is 0 Å². The number of hydrogen-bond acceptors (Lipinski definition) is 2. The van der Waals surface area contributed by atoms with Crippen LogP contribution in [0.25, 0.3) is 0 Å². The molecule has 1 aromatic rings. The van der Waals surface area contributed by atoms with Crippen molar-refractivity contribution in [2.75, 3.05) is 0 Å². The third-order valence-corrected chi connectivity index (χ3v) is 1.56. The molecule has 0 aliphatic carbocycles. The molecule has 0 saturated carbocycles. The number of rotatable bonds is 4. The molecule has 0 aromatic carbocycles. The van der Waals surface area contributed by atoms with Gasteiger partial charge in [-0.2, -0.15) is 0 Å². The summed E-state index contributed by atoms with van der Waals surface area (Å²) < 4.78 is 3.77. The molecular formula is C8H16N3O+. The molecule has 0 aliphatic heterocycles. The number of aliphatic hydroxyl groups excluding tert-OH is 1. The van der Waals surface area contributed by atoms with Crippen molar-refractivity contribution in [2.24, 2.45) is 0 Å². The molecule has 0 unspecified atom stereocenters. The van der Waals surface area contributed by atoms with Gasteiger partial charge in [0.25, 0.3) is 6.33 Å². The van der Waals surface area contributed by atoms with Gasteiger partial charge in [-0.25, -0.2) is 4.57 Å². The van der Waals surface area contributed by atoms with Crippen LogP contribution >= 0.6 is 0 Å². The molecule has 0 aliphatic rings. The van der Waals surface area contributed by atoms with Crippen molar-refractivity contribution in [3.63, 3.8) is 0 Å². The van der Waals surface area contributed by atoms with Gasteiger partial charge < -0.3 is 5.11 Å². The lowest BCUT2D eigenvalue weighted by molar-refractivity contribution is -0.697. The van der Waals surface area contributed by atoms with Crippen molar-refractivity contribution in [1.82, 2.24) is 9.78 Å². The number of hydrogen-bond donors (Lipinski definition) is 1. The van der Waals surface area contributed by atoms with Crippen molar-refractivity contribution in [2.45, 2.75) is 39.5 Å². The predicted octanol–water partition coefficient (Wildman–Crippen LogP) is -0.0386. The van der Waals surface area contributed by atoms with Gasteiger partial charge in [-0.05, 0) is 13.3 Å². The molecule has 1 aromatic heterocycles. The van der Waals surface area contributed by atoms with E-state index in [4.69, 9.17) is 5.11 Å². The SMILES string of the molecule is CCC[n+]1cnn(C[C@H](C)O)c1. The highest BCUT2D eigenvalue weighted by Gasteiger charge is 2.06. The Kier molecular flexibility index (Phi) is 3.22. The van der Waals surface area contributed by atoms with Gasteiger partial charge >= 0.3 is 0 Å². The van der Waals surface area contributed by atoms with Crippen molar-refractivity contribution in [3.8, 4) is 0 Å². The maximum atomic E-state index is 9.07. The van der Waals surface area contributed by atoms with E-state index in [1.165, 1.54) is 0 Å². The second-order valence-electron chi connectivity index (χ2n) is 3.06. The fraction of sp³-hybridized carbons (Fsp3) is 0.750. The molecular weight excluding hydrogens is 154 g/mol. The van der Waals surface area contributed by atoms with Crippen LogP contribution in [-0.2, 0) is 13.1 Å². The van der Waals surface area contributed by atoms with E-state index in [0.29, 0.717) is 6.54 Å². The Morgan fingerprint density at radius 2 is 2.42 bits per heavy atom. The maximum Gasteiger partial charge on any atom is 0.265 e. The summed E-state index contributed by atoms with van der Waals surface area (Å²) in [4.78, 5) is 0. The fourth-order valence-electron chi connectivity index (χ4n) is 1.10. The molecule has 12 heavy (non-hydrogen) atoms. The Morgan fingerprint density at radius 3 is 3.00 bits per heavy atom. The van der Waals surface area contributed by atoms with Gasteiger partial charge in [0.15, 0.2) is 0 Å². The first-order chi connectivity index (χ1) is 5.72. The largest absolute Gasteiger partial charge is 0.390 e. The molecule has 1 rings (SSSR count). The highest BCUT2D eigenvalue weighted by atomic mass is 16.3. The summed E-state index contributed by atoms with van der Waals surface area (Å²) in [5, 5.41) is 13.2. The van der Waals surface area contributed by atoms with Crippen LogP contribution in [-0.4, -0.2) is 21.0 Å². The molecule has 0 saturated heterocycles. The van der Waals surface area contributed by atoms with Crippen LogP contribution in [0.4, 0.5) is 0 Å². The molecule has 0 bridgehead atoms. The first-order valence-corrected chi connectivity index (χ1v) is 4.32. The van der Waals surface area contributed by atoms with Crippen molar-refractivity contribution < 1.29 is 9.67 Å². The first-order valence-electron chi connectivity index (χ1n) is 4.32. The normalized spacial score (nSPS) is 13.2. The fourth-order valence-corrected chi connectivity index (χ4v) is 1.10. The number of nitrogens with zero attached hydrogens (tertiary/aromatic N) is 3. The average molecular weight is 170 g/mol. The number of aliphatic hydroxyl groups is 1. The topological polar surface area (TPSA) is 41.9 Å². The Labute approximate surface area is 72.5 Å². The highest BCUT2D eigenvalue weighted by Crippen LogP contribution is 1.86. The van der Waals surface area contributed by atoms with Gasteiger partial charge in [0.2, 0.25) is 6.33 Å². The quantitative estimate of drug-likeness (QED) is 0.644. The molecule has 4 nitrogen and oxygen atoms in total. The number of aryl methyl sites for hydroxylation is 1. The van der Waals surface area contributed by atoms with Crippen LogP contribution in [0.15, 0.2) is 12.7 Å². The Balaban J connectivity index is 2.52. The molecule has 0 spiro atoms. The third-order valence-electron chi connectivity index (χ3n) is 1.56. The molecule has 4 heteroatoms. The van der Waals surface area contributed by atoms with Crippen LogP contribution in [0.1, 0.15) is 20.3 Å². The molecule has 0 fully saturated rings. The van der Waals surface area contributed by atoms with E-state index in [-0.39, 0.29) is 6.10 Å². The minimum Gasteiger partial charge on any atom is -0.390 e. The smallest absolute Gasteiger partial charge is 0.265 e. The summed E-state index contributed by atoms with van der Waals surface area (Å²) in [7, 11) is 0. The summed E-state index contributed by atoms with van der Waals surface area (Å²) in [6, 6.07) is 0. The molecule has 68 valence electrons. The molecule has 0 amide bonds. The van der Waals surface area contributed by atoms with E-state index in [1.807, 2.05) is 10.9 Å². The minimum absolute atomic E-state index is 0.333. The van der Waals surface area contributed by atoms with Gasteiger partial charge in [0.05, 0.1) is 12.6 Å². The first kappa shape index (κ1) is 9.19. The summed E-state index contributed by atoms with van der Waals surface area (Å²) in [5.74, 6) is 0. The third kappa shape index (κ3) is 2.62. The zero-order valence-electron chi connectivity index (χ0n) is 7.64. The second-order valence-corrected chi connectivity index (χ2v) is 3.06. The van der Waals surface area contributed by atoms with E-state index in [2.05, 4.69) is 12.0 Å². The van der Waals surface area contributed by atoms with E-state index in [1.54, 1.807) is 17.9 Å². The van der Waals surface area contributed by atoms with Gasteiger partial charge in [-0.3, -0.25) is 0 Å². The van der Waals surface area contributed by atoms with Gasteiger partial charge in [0.1, 0.15) is 6.54 Å². The summed E-state index contributed by atoms with van der Waals surface area (Å²) >= 11 is 0. The van der Waals surface area contributed by atoms with Gasteiger partial charge in [-0.1, -0.05) is 6.92 Å². The Hall–Kier alpha value is -0.900. The highest BCUT2D eigenvalue weighted by molar-refractivity contribution is 4.50. The minimum atomic E-state index is -0.333. The number of aromatic nitrogens is 3. The second kappa shape index (κ2) is 4.21. The maximum absolute atomic E-state index is 9.07. The molecule has 0 radical (unpaired) electrons. The van der Waals surface area contributed by atoms with Crippen molar-refractivity contribution >= 4 is 0 Å². The van der Waals surface area contributed by atoms with Crippen LogP contribution in [0.3, 0.4) is 0 Å². The zero-order valence-corrected chi connectivity index (χ0v) is 7.64. The van der Waals surface area contributed by atoms with E-state index in [9.17, 15) is 0 Å². The van der Waals surface area contributed by atoms with Crippen molar-refractivity contribution in [1.29, 1.82) is 0 Å². The van der Waals surface area contributed by atoms with Crippen LogP contribution in [0.5, 0.6) is 0 Å². The van der Waals surface area contributed by atoms with Crippen molar-refractivity contribution in [3.05, 3.63) is 12.7 Å². The van der Waals surface area contributed by atoms with Crippen LogP contribution in [0.2, 0.25) is 0 Å². The zero-order chi connectivity index (χ0) is 8.97. The monoisotopic (exact) mass is 170 g/mol. The average Bonchev–Trinajstić information content (AvgIpc) is 2.36. The lowest BCUT2D eigenvalue weighted by Crippen LogP contribution is -2.30. The molecule has 1 atom stereocenters. The Morgan fingerprint density at radius 1 is 1.67 bits per heavy atom. The molecule has 1 N–H and O–H groups in total. The van der Waals surface area contributed by atoms with E-state index < -0.39 is 0 Å². The lowest BCUT2D eigenvalue weighted by Gasteiger charge is -1.95. The van der Waals surface area contributed by atoms with Crippen LogP contribution < -0.4 is 4.57 Å². The van der Waals surface area contributed by atoms with E-state index >= 15 is 0 Å². The Bertz CT molecular complexity index is 232. The summed E-state index contributed by atoms with van der Waals surface area (Å²) in [6.07, 6.45) is 4.47.